The normalized spacial score (nSPS) is 17.1. The molecule has 1 N–H and O–H groups in total. The number of nitrogens with one attached hydrogen (secondary N) is 1. The summed E-state index contributed by atoms with van der Waals surface area (Å²) < 4.78 is 7.41. The summed E-state index contributed by atoms with van der Waals surface area (Å²) in [7, 11) is 3.76. The Morgan fingerprint density at radius 2 is 2.00 bits per heavy atom. The van der Waals surface area contributed by atoms with Crippen molar-refractivity contribution in [2.75, 3.05) is 26.7 Å². The van der Waals surface area contributed by atoms with Crippen LogP contribution < -0.4 is 10.1 Å². The monoisotopic (exact) mass is 391 g/mol. The highest BCUT2D eigenvalue weighted by atomic mass is 16.5. The van der Waals surface area contributed by atoms with E-state index < -0.39 is 0 Å². The molecule has 1 fully saturated rings. The summed E-state index contributed by atoms with van der Waals surface area (Å²) in [6.45, 7) is 5.51. The summed E-state index contributed by atoms with van der Waals surface area (Å²) in [6, 6.07) is 16.7. The first kappa shape index (κ1) is 19.3. The molecule has 2 aromatic carbocycles. The van der Waals surface area contributed by atoms with Crippen LogP contribution in [0.25, 0.3) is 11.0 Å². The summed E-state index contributed by atoms with van der Waals surface area (Å²) in [5.74, 6) is 3.37. The quantitative estimate of drug-likeness (QED) is 0.534. The van der Waals surface area contributed by atoms with Gasteiger partial charge in [-0.25, -0.2) is 9.98 Å². The lowest BCUT2D eigenvalue weighted by atomic mass is 9.98. The molecule has 0 amide bonds. The number of nitrogens with zero attached hydrogens (tertiary/aromatic N) is 4. The Bertz CT molecular complexity index is 992. The molecule has 1 aromatic heterocycles. The molecule has 2 heterocycles. The number of benzene rings is 2. The van der Waals surface area contributed by atoms with Crippen molar-refractivity contribution in [2.24, 2.45) is 12.0 Å². The predicted octanol–water partition coefficient (Wildman–Crippen LogP) is 3.54. The Hall–Kier alpha value is -3.02. The molecule has 1 atom stereocenters. The second-order valence-corrected chi connectivity index (χ2v) is 7.45. The van der Waals surface area contributed by atoms with E-state index in [1.54, 1.807) is 7.11 Å². The minimum Gasteiger partial charge on any atom is -0.497 e. The molecule has 0 bridgehead atoms. The van der Waals surface area contributed by atoms with Gasteiger partial charge in [0.2, 0.25) is 0 Å². The summed E-state index contributed by atoms with van der Waals surface area (Å²) in [6.07, 6.45) is 1.13. The molecule has 1 aliphatic rings. The molecule has 1 saturated heterocycles. The van der Waals surface area contributed by atoms with Crippen LogP contribution in [0.4, 0.5) is 0 Å². The van der Waals surface area contributed by atoms with Gasteiger partial charge in [-0.15, -0.1) is 0 Å². The SMILES string of the molecule is CCNC(=NCc1nc2ccccc2n1C)N1CCC(c2ccc(OC)cc2)C1. The zero-order valence-electron chi connectivity index (χ0n) is 17.4. The highest BCUT2D eigenvalue weighted by Crippen LogP contribution is 2.28. The highest BCUT2D eigenvalue weighted by molar-refractivity contribution is 5.80. The molecule has 3 aromatic rings. The fraction of sp³-hybridized carbons (Fsp3) is 0.391. The van der Waals surface area contributed by atoms with Crippen molar-refractivity contribution < 1.29 is 4.74 Å². The van der Waals surface area contributed by atoms with Crippen LogP contribution in [-0.4, -0.2) is 47.2 Å². The number of fused-ring (bicyclic) bond motifs is 1. The van der Waals surface area contributed by atoms with Gasteiger partial charge in [-0.05, 0) is 43.2 Å². The highest BCUT2D eigenvalue weighted by Gasteiger charge is 2.26. The van der Waals surface area contributed by atoms with E-state index in [4.69, 9.17) is 14.7 Å². The maximum atomic E-state index is 5.28. The van der Waals surface area contributed by atoms with Crippen LogP contribution in [0, 0.1) is 0 Å². The van der Waals surface area contributed by atoms with Gasteiger partial charge in [-0.3, -0.25) is 0 Å². The van der Waals surface area contributed by atoms with Crippen LogP contribution in [-0.2, 0) is 13.6 Å². The number of likely N-dealkylation sites (tertiary alicyclic amines) is 1. The lowest BCUT2D eigenvalue weighted by Gasteiger charge is -2.21. The molecule has 152 valence electrons. The van der Waals surface area contributed by atoms with Crippen molar-refractivity contribution in [1.29, 1.82) is 0 Å². The van der Waals surface area contributed by atoms with Crippen molar-refractivity contribution in [1.82, 2.24) is 19.8 Å². The van der Waals surface area contributed by atoms with Gasteiger partial charge in [0, 0.05) is 32.6 Å². The molecule has 29 heavy (non-hydrogen) atoms. The van der Waals surface area contributed by atoms with Crippen molar-refractivity contribution in [3.8, 4) is 5.75 Å². The third kappa shape index (κ3) is 4.06. The molecule has 1 aliphatic heterocycles. The lowest BCUT2D eigenvalue weighted by Crippen LogP contribution is -2.40. The number of aryl methyl sites for hydroxylation is 1. The van der Waals surface area contributed by atoms with E-state index >= 15 is 0 Å². The standard InChI is InChI=1S/C23H29N5O/c1-4-24-23(25-15-22-26-20-7-5-6-8-21(20)27(22)2)28-14-13-18(16-28)17-9-11-19(29-3)12-10-17/h5-12,18H,4,13-16H2,1-3H3,(H,24,25). The molecule has 1 unspecified atom stereocenters. The summed E-state index contributed by atoms with van der Waals surface area (Å²) in [5, 5.41) is 3.46. The molecule has 0 spiro atoms. The van der Waals surface area contributed by atoms with Gasteiger partial charge in [0.25, 0.3) is 0 Å². The van der Waals surface area contributed by atoms with Gasteiger partial charge < -0.3 is 19.5 Å². The fourth-order valence-electron chi connectivity index (χ4n) is 4.01. The van der Waals surface area contributed by atoms with Gasteiger partial charge >= 0.3 is 0 Å². The first-order valence-electron chi connectivity index (χ1n) is 10.3. The van der Waals surface area contributed by atoms with E-state index in [1.165, 1.54) is 5.56 Å². The number of para-hydroxylation sites is 2. The van der Waals surface area contributed by atoms with Crippen LogP contribution in [0.5, 0.6) is 5.75 Å². The van der Waals surface area contributed by atoms with Crippen molar-refractivity contribution >= 4 is 17.0 Å². The number of imidazole rings is 1. The lowest BCUT2D eigenvalue weighted by molar-refractivity contribution is 0.414. The molecular weight excluding hydrogens is 362 g/mol. The molecule has 0 aliphatic carbocycles. The number of ether oxygens (including phenoxy) is 1. The van der Waals surface area contributed by atoms with Crippen molar-refractivity contribution in [3.63, 3.8) is 0 Å². The second-order valence-electron chi connectivity index (χ2n) is 7.45. The van der Waals surface area contributed by atoms with E-state index in [0.717, 1.165) is 54.6 Å². The smallest absolute Gasteiger partial charge is 0.194 e. The van der Waals surface area contributed by atoms with Gasteiger partial charge in [-0.1, -0.05) is 24.3 Å². The van der Waals surface area contributed by atoms with Crippen molar-refractivity contribution in [3.05, 3.63) is 59.9 Å². The predicted molar refractivity (Wildman–Crippen MR) is 117 cm³/mol. The Labute approximate surface area is 172 Å². The van der Waals surface area contributed by atoms with Crippen molar-refractivity contribution in [2.45, 2.75) is 25.8 Å². The number of aromatic nitrogens is 2. The van der Waals surface area contributed by atoms with Gasteiger partial charge in [0.1, 0.15) is 18.1 Å². The number of hydrogen-bond donors (Lipinski definition) is 1. The van der Waals surface area contributed by atoms with Gasteiger partial charge in [0.15, 0.2) is 5.96 Å². The topological polar surface area (TPSA) is 54.7 Å². The van der Waals surface area contributed by atoms with E-state index in [9.17, 15) is 0 Å². The Kier molecular flexibility index (Phi) is 5.69. The third-order valence-electron chi connectivity index (χ3n) is 5.66. The maximum absolute atomic E-state index is 5.28. The van der Waals surface area contributed by atoms with Crippen LogP contribution in [0.2, 0.25) is 0 Å². The second kappa shape index (κ2) is 8.55. The number of guanidine groups is 1. The van der Waals surface area contributed by atoms with E-state index in [1.807, 2.05) is 30.3 Å². The van der Waals surface area contributed by atoms with E-state index in [-0.39, 0.29) is 0 Å². The number of rotatable bonds is 5. The fourth-order valence-corrected chi connectivity index (χ4v) is 4.01. The Morgan fingerprint density at radius 1 is 1.21 bits per heavy atom. The van der Waals surface area contributed by atoms with Crippen LogP contribution >= 0.6 is 0 Å². The Morgan fingerprint density at radius 3 is 2.72 bits per heavy atom. The van der Waals surface area contributed by atoms with Crippen LogP contribution in [0.3, 0.4) is 0 Å². The molecule has 0 saturated carbocycles. The summed E-state index contributed by atoms with van der Waals surface area (Å²) >= 11 is 0. The number of hydrogen-bond acceptors (Lipinski definition) is 3. The molecule has 6 nitrogen and oxygen atoms in total. The zero-order chi connectivity index (χ0) is 20.2. The van der Waals surface area contributed by atoms with Crippen LogP contribution in [0.15, 0.2) is 53.5 Å². The first-order chi connectivity index (χ1) is 14.2. The van der Waals surface area contributed by atoms with Gasteiger partial charge in [-0.2, -0.15) is 0 Å². The van der Waals surface area contributed by atoms with E-state index in [2.05, 4.69) is 47.0 Å². The molecule has 0 radical (unpaired) electrons. The molecule has 6 heteroatoms. The minimum absolute atomic E-state index is 0.514. The minimum atomic E-state index is 0.514. The van der Waals surface area contributed by atoms with Gasteiger partial charge in [0.05, 0.1) is 18.1 Å². The largest absolute Gasteiger partial charge is 0.497 e. The molecular formula is C23H29N5O. The average molecular weight is 392 g/mol. The number of methoxy groups -OCH3 is 1. The average Bonchev–Trinajstić information content (AvgIpc) is 3.37. The van der Waals surface area contributed by atoms with Crippen LogP contribution in [0.1, 0.15) is 30.7 Å². The summed E-state index contributed by atoms with van der Waals surface area (Å²) in [4.78, 5) is 12.0. The third-order valence-corrected chi connectivity index (χ3v) is 5.66. The number of aliphatic imine (C=N–C) groups is 1. The summed E-state index contributed by atoms with van der Waals surface area (Å²) in [5.41, 5.74) is 3.52. The first-order valence-corrected chi connectivity index (χ1v) is 10.3. The Balaban J connectivity index is 1.48. The maximum Gasteiger partial charge on any atom is 0.194 e. The zero-order valence-corrected chi connectivity index (χ0v) is 17.4. The van der Waals surface area contributed by atoms with E-state index in [0.29, 0.717) is 12.5 Å². The molecule has 4 rings (SSSR count).